The van der Waals surface area contributed by atoms with E-state index in [2.05, 4.69) is 13.2 Å². The zero-order valence-corrected chi connectivity index (χ0v) is 7.48. The van der Waals surface area contributed by atoms with E-state index in [4.69, 9.17) is 0 Å². The van der Waals surface area contributed by atoms with E-state index >= 15 is 0 Å². The standard InChI is InChI=1S/2C3H5.Co.Ni.2O/c2*1-3-2;;;;/h2*3H,1-2H2;;;;. The molecule has 0 radical (unpaired) electrons. The minimum atomic E-state index is 0.185. The molecule has 4 heteroatoms. The number of hydrogen-bond acceptors (Lipinski definition) is 2. The third-order valence-corrected chi connectivity index (χ3v) is 1.22. The molecule has 0 bridgehead atoms. The summed E-state index contributed by atoms with van der Waals surface area (Å²) < 4.78 is 18.8. The molecule has 0 aliphatic rings. The molecule has 0 aliphatic heterocycles. The van der Waals surface area contributed by atoms with E-state index in [1.54, 1.807) is 12.2 Å². The molecule has 0 rings (SSSR count). The van der Waals surface area contributed by atoms with Crippen molar-refractivity contribution in [2.24, 2.45) is 0 Å². The van der Waals surface area contributed by atoms with Crippen LogP contribution in [0.4, 0.5) is 0 Å². The normalized spacial score (nSPS) is 8.00. The quantitative estimate of drug-likeness (QED) is 0.548. The Labute approximate surface area is 72.9 Å². The van der Waals surface area contributed by atoms with Crippen LogP contribution in [0.3, 0.4) is 0 Å². The summed E-state index contributed by atoms with van der Waals surface area (Å²) in [6, 6.07) is 0. The van der Waals surface area contributed by atoms with Gasteiger partial charge in [-0.25, -0.2) is 0 Å². The van der Waals surface area contributed by atoms with E-state index in [-0.39, 0.29) is 14.6 Å². The van der Waals surface area contributed by atoms with Gasteiger partial charge >= 0.3 is 72.8 Å². The fraction of sp³-hybridized carbons (Fsp3) is 0.333. The van der Waals surface area contributed by atoms with Crippen LogP contribution < -0.4 is 0 Å². The predicted octanol–water partition coefficient (Wildman–Crippen LogP) is 2.04. The number of allylic oxidation sites excluding steroid dienone is 2. The Balaban J connectivity index is 0. The van der Waals surface area contributed by atoms with Crippen molar-refractivity contribution >= 4 is 0 Å². The minimum absolute atomic E-state index is 0.185. The first kappa shape index (κ1) is 12.7. The molecule has 0 amide bonds. The van der Waals surface area contributed by atoms with Gasteiger partial charge in [0.1, 0.15) is 0 Å². The first-order valence-electron chi connectivity index (χ1n) is 2.36. The summed E-state index contributed by atoms with van der Waals surface area (Å²) in [4.78, 5) is 0. The Morgan fingerprint density at radius 3 is 2.00 bits per heavy atom. The molecule has 0 N–H and O–H groups in total. The van der Waals surface area contributed by atoms with Gasteiger partial charge in [0.15, 0.2) is 0 Å². The van der Waals surface area contributed by atoms with Crippen molar-refractivity contribution < 1.29 is 36.8 Å². The summed E-state index contributed by atoms with van der Waals surface area (Å²) in [5, 5.41) is 1.10. The molecule has 10 heavy (non-hydrogen) atoms. The molecule has 0 aliphatic carbocycles. The summed E-state index contributed by atoms with van der Waals surface area (Å²) in [7, 11) is 0. The van der Waals surface area contributed by atoms with E-state index < -0.39 is 0 Å². The zero-order valence-electron chi connectivity index (χ0n) is 5.45. The van der Waals surface area contributed by atoms with Gasteiger partial charge < -0.3 is 0 Å². The average molecular weight is 232 g/mol. The topological polar surface area (TPSA) is 34.1 Å². The molecule has 0 aromatic heterocycles. The van der Waals surface area contributed by atoms with Crippen LogP contribution >= 0.6 is 0 Å². The Morgan fingerprint density at radius 2 is 2.00 bits per heavy atom. The van der Waals surface area contributed by atoms with E-state index in [1.807, 2.05) is 0 Å². The SMILES string of the molecule is C=C[CH2][Co]=[O].C=C[CH2][Ni]=[O]. The van der Waals surface area contributed by atoms with Gasteiger partial charge in [0, 0.05) is 0 Å². The maximum atomic E-state index is 9.43. The van der Waals surface area contributed by atoms with Gasteiger partial charge in [-0.2, -0.15) is 0 Å². The van der Waals surface area contributed by atoms with Crippen LogP contribution in [0.15, 0.2) is 25.3 Å². The van der Waals surface area contributed by atoms with Crippen molar-refractivity contribution in [1.82, 2.24) is 0 Å². The van der Waals surface area contributed by atoms with Crippen LogP contribution in [0.1, 0.15) is 0 Å². The van der Waals surface area contributed by atoms with Gasteiger partial charge in [0.2, 0.25) is 0 Å². The van der Waals surface area contributed by atoms with Gasteiger partial charge in [0.05, 0.1) is 0 Å². The molecule has 65 valence electrons. The molecule has 0 aromatic rings. The van der Waals surface area contributed by atoms with Crippen molar-refractivity contribution in [3.63, 3.8) is 0 Å². The first-order chi connectivity index (χ1) is 4.83. The monoisotopic (exact) mass is 231 g/mol. The zero-order chi connectivity index (χ0) is 8.24. The van der Waals surface area contributed by atoms with Crippen molar-refractivity contribution in [3.8, 4) is 0 Å². The van der Waals surface area contributed by atoms with E-state index in [1.165, 1.54) is 0 Å². The fourth-order valence-electron chi connectivity index (χ4n) is 0.0766. The summed E-state index contributed by atoms with van der Waals surface area (Å²) in [6.07, 6.45) is 3.19. The molecule has 0 fully saturated rings. The van der Waals surface area contributed by atoms with Crippen molar-refractivity contribution in [3.05, 3.63) is 25.3 Å². The van der Waals surface area contributed by atoms with E-state index in [0.717, 1.165) is 0 Å². The van der Waals surface area contributed by atoms with Crippen LogP contribution in [-0.2, 0) is 36.8 Å². The van der Waals surface area contributed by atoms with Crippen LogP contribution in [0.2, 0.25) is 10.7 Å². The van der Waals surface area contributed by atoms with Crippen molar-refractivity contribution in [1.29, 1.82) is 0 Å². The number of hydrogen-bond donors (Lipinski definition) is 0. The summed E-state index contributed by atoms with van der Waals surface area (Å²) in [5.41, 5.74) is 0. The molecule has 2 nitrogen and oxygen atoms in total. The Bertz CT molecular complexity index is 88.3. The van der Waals surface area contributed by atoms with Crippen LogP contribution in [0, 0.1) is 0 Å². The fourth-order valence-corrected chi connectivity index (χ4v) is 0.316. The molecule has 0 saturated heterocycles. The molecule has 0 aromatic carbocycles. The Hall–Kier alpha value is 0.0800. The van der Waals surface area contributed by atoms with Gasteiger partial charge in [-0.3, -0.25) is 0 Å². The molecular formula is C6H10CoNiO2. The van der Waals surface area contributed by atoms with Crippen molar-refractivity contribution in [2.45, 2.75) is 10.7 Å². The second-order valence-electron chi connectivity index (χ2n) is 1.03. The van der Waals surface area contributed by atoms with Crippen molar-refractivity contribution in [2.75, 3.05) is 0 Å². The Kier molecular flexibility index (Phi) is 20.4. The third-order valence-electron chi connectivity index (χ3n) is 0.296. The average Bonchev–Trinajstić information content (AvgIpc) is 1.93. The second-order valence-corrected chi connectivity index (χ2v) is 2.44. The molecule has 0 atom stereocenters. The third kappa shape index (κ3) is 24.3. The maximum absolute atomic E-state index is 9.43. The second kappa shape index (κ2) is 16.0. The van der Waals surface area contributed by atoms with Gasteiger partial charge in [-0.05, 0) is 0 Å². The van der Waals surface area contributed by atoms with Gasteiger partial charge in [-0.1, -0.05) is 0 Å². The molecule has 0 unspecified atom stereocenters. The first-order valence-corrected chi connectivity index (χ1v) is 4.62. The Morgan fingerprint density at radius 1 is 1.40 bits per heavy atom. The molecular weight excluding hydrogens is 222 g/mol. The molecule has 0 heterocycles. The van der Waals surface area contributed by atoms with E-state index in [0.29, 0.717) is 25.1 Å². The van der Waals surface area contributed by atoms with Crippen LogP contribution in [0.5, 0.6) is 0 Å². The number of rotatable bonds is 4. The predicted molar refractivity (Wildman–Crippen MR) is 31.4 cm³/mol. The van der Waals surface area contributed by atoms with Crippen LogP contribution in [0.25, 0.3) is 0 Å². The van der Waals surface area contributed by atoms with E-state index in [9.17, 15) is 7.76 Å². The molecule has 0 saturated carbocycles. The van der Waals surface area contributed by atoms with Gasteiger partial charge in [-0.15, -0.1) is 0 Å². The molecule has 0 spiro atoms. The summed E-state index contributed by atoms with van der Waals surface area (Å²) in [5.74, 6) is 0. The summed E-state index contributed by atoms with van der Waals surface area (Å²) >= 11 is 0.579. The van der Waals surface area contributed by atoms with Crippen LogP contribution in [-0.4, -0.2) is 0 Å². The summed E-state index contributed by atoms with van der Waals surface area (Å²) in [6.45, 7) is 6.68. The van der Waals surface area contributed by atoms with Gasteiger partial charge in [0.25, 0.3) is 0 Å².